The molecule has 0 radical (unpaired) electrons. The second-order valence-corrected chi connectivity index (χ2v) is 7.97. The van der Waals surface area contributed by atoms with Crippen LogP contribution >= 0.6 is 15.9 Å². The molecule has 5 nitrogen and oxygen atoms in total. The minimum Gasteiger partial charge on any atom is -0.497 e. The van der Waals surface area contributed by atoms with Crippen molar-refractivity contribution in [3.63, 3.8) is 0 Å². The Morgan fingerprint density at radius 1 is 0.967 bits per heavy atom. The molecule has 0 saturated heterocycles. The van der Waals surface area contributed by atoms with E-state index in [9.17, 15) is 4.79 Å². The minimum atomic E-state index is -0.272. The summed E-state index contributed by atoms with van der Waals surface area (Å²) < 4.78 is 6.24. The summed E-state index contributed by atoms with van der Waals surface area (Å²) in [6.45, 7) is 0. The van der Waals surface area contributed by atoms with Crippen molar-refractivity contribution < 1.29 is 9.53 Å². The summed E-state index contributed by atoms with van der Waals surface area (Å²) in [5.41, 5.74) is 4.98. The van der Waals surface area contributed by atoms with E-state index < -0.39 is 0 Å². The zero-order chi connectivity index (χ0) is 20.7. The van der Waals surface area contributed by atoms with Crippen LogP contribution in [-0.2, 0) is 0 Å². The van der Waals surface area contributed by atoms with Gasteiger partial charge >= 0.3 is 0 Å². The number of fused-ring (bicyclic) bond motifs is 1. The number of H-pyrrole nitrogens is 1. The highest BCUT2D eigenvalue weighted by Gasteiger charge is 2.42. The largest absolute Gasteiger partial charge is 0.497 e. The van der Waals surface area contributed by atoms with Gasteiger partial charge in [-0.25, -0.2) is 0 Å². The van der Waals surface area contributed by atoms with E-state index in [1.807, 2.05) is 83.8 Å². The first-order valence-corrected chi connectivity index (χ1v) is 10.3. The molecule has 0 fully saturated rings. The first-order chi connectivity index (χ1) is 14.7. The highest BCUT2D eigenvalue weighted by Crippen LogP contribution is 2.45. The average molecular weight is 460 g/mol. The smallest absolute Gasteiger partial charge is 0.277 e. The van der Waals surface area contributed by atoms with Crippen molar-refractivity contribution in [2.75, 3.05) is 12.0 Å². The zero-order valence-electron chi connectivity index (χ0n) is 16.2. The van der Waals surface area contributed by atoms with Crippen LogP contribution in [-0.4, -0.2) is 23.2 Å². The van der Waals surface area contributed by atoms with Crippen LogP contribution in [0.2, 0.25) is 0 Å². The molecule has 0 spiro atoms. The van der Waals surface area contributed by atoms with Crippen molar-refractivity contribution in [3.8, 4) is 17.0 Å². The predicted molar refractivity (Wildman–Crippen MR) is 120 cm³/mol. The second-order valence-electron chi connectivity index (χ2n) is 7.05. The summed E-state index contributed by atoms with van der Waals surface area (Å²) in [5.74, 6) is 0.687. The molecule has 1 aliphatic rings. The standard InChI is InChI=1S/C24H18BrN3O2/c1-30-19-13-7-15(8-14-19)21-20-22(27-26-21)24(29)28(18-11-9-17(25)10-12-18)23(20)16-5-3-2-4-6-16/h2-14,23H,1H3,(H,26,27)/t23-/m1/s1. The van der Waals surface area contributed by atoms with Gasteiger partial charge in [0.2, 0.25) is 0 Å². The number of nitrogens with zero attached hydrogens (tertiary/aromatic N) is 2. The topological polar surface area (TPSA) is 58.2 Å². The van der Waals surface area contributed by atoms with Crippen LogP contribution in [0.3, 0.4) is 0 Å². The number of ether oxygens (including phenoxy) is 1. The van der Waals surface area contributed by atoms with Gasteiger partial charge in [0.1, 0.15) is 11.4 Å². The molecular weight excluding hydrogens is 442 g/mol. The lowest BCUT2D eigenvalue weighted by atomic mass is 9.96. The summed E-state index contributed by atoms with van der Waals surface area (Å²) in [6, 6.07) is 25.3. The third-order valence-electron chi connectivity index (χ3n) is 5.35. The Morgan fingerprint density at radius 2 is 1.67 bits per heavy atom. The number of anilines is 1. The number of benzene rings is 3. The van der Waals surface area contributed by atoms with Gasteiger partial charge in [-0.15, -0.1) is 0 Å². The molecule has 1 amide bonds. The highest BCUT2D eigenvalue weighted by atomic mass is 79.9. The van der Waals surface area contributed by atoms with E-state index in [4.69, 9.17) is 4.74 Å². The van der Waals surface area contributed by atoms with Crippen LogP contribution in [0, 0.1) is 0 Å². The summed E-state index contributed by atoms with van der Waals surface area (Å²) >= 11 is 3.47. The molecule has 1 N–H and O–H groups in total. The van der Waals surface area contributed by atoms with Crippen LogP contribution < -0.4 is 9.64 Å². The quantitative estimate of drug-likeness (QED) is 0.432. The van der Waals surface area contributed by atoms with Gasteiger partial charge in [0, 0.05) is 21.3 Å². The lowest BCUT2D eigenvalue weighted by molar-refractivity contribution is 0.0989. The molecule has 5 rings (SSSR count). The fourth-order valence-electron chi connectivity index (χ4n) is 3.93. The average Bonchev–Trinajstić information content (AvgIpc) is 3.34. The van der Waals surface area contributed by atoms with Gasteiger partial charge < -0.3 is 4.74 Å². The van der Waals surface area contributed by atoms with E-state index in [1.165, 1.54) is 0 Å². The van der Waals surface area contributed by atoms with Gasteiger partial charge in [-0.3, -0.25) is 14.8 Å². The third-order valence-corrected chi connectivity index (χ3v) is 5.88. The molecule has 4 aromatic rings. The number of aromatic amines is 1. The van der Waals surface area contributed by atoms with Crippen molar-refractivity contribution >= 4 is 27.5 Å². The Balaban J connectivity index is 1.69. The van der Waals surface area contributed by atoms with E-state index in [0.29, 0.717) is 5.69 Å². The van der Waals surface area contributed by atoms with Gasteiger partial charge in [0.25, 0.3) is 5.91 Å². The number of aromatic nitrogens is 2. The molecule has 0 saturated carbocycles. The van der Waals surface area contributed by atoms with Crippen molar-refractivity contribution in [1.82, 2.24) is 10.2 Å². The van der Waals surface area contributed by atoms with E-state index >= 15 is 0 Å². The maximum absolute atomic E-state index is 13.4. The number of hydrogen-bond acceptors (Lipinski definition) is 3. The van der Waals surface area contributed by atoms with Crippen LogP contribution in [0.25, 0.3) is 11.3 Å². The number of halogens is 1. The molecule has 0 bridgehead atoms. The molecule has 1 aromatic heterocycles. The molecule has 1 atom stereocenters. The molecule has 6 heteroatoms. The monoisotopic (exact) mass is 459 g/mol. The number of carbonyl (C=O) groups excluding carboxylic acids is 1. The van der Waals surface area contributed by atoms with Crippen LogP contribution in [0.4, 0.5) is 5.69 Å². The van der Waals surface area contributed by atoms with Crippen LogP contribution in [0.1, 0.15) is 27.7 Å². The lowest BCUT2D eigenvalue weighted by Crippen LogP contribution is -2.29. The maximum Gasteiger partial charge on any atom is 0.277 e. The van der Waals surface area contributed by atoms with Gasteiger partial charge in [0.05, 0.1) is 18.8 Å². The Morgan fingerprint density at radius 3 is 2.33 bits per heavy atom. The molecule has 30 heavy (non-hydrogen) atoms. The normalized spacial score (nSPS) is 15.3. The minimum absolute atomic E-state index is 0.0894. The van der Waals surface area contributed by atoms with E-state index in [1.54, 1.807) is 7.11 Å². The number of carbonyl (C=O) groups is 1. The Bertz CT molecular complexity index is 1200. The molecule has 3 aromatic carbocycles. The van der Waals surface area contributed by atoms with E-state index in [0.717, 1.165) is 38.3 Å². The molecule has 1 aliphatic heterocycles. The number of hydrogen-bond donors (Lipinski definition) is 1. The summed E-state index contributed by atoms with van der Waals surface area (Å²) in [5, 5.41) is 7.50. The van der Waals surface area contributed by atoms with Gasteiger partial charge in [-0.1, -0.05) is 46.3 Å². The maximum atomic E-state index is 13.4. The van der Waals surface area contributed by atoms with Gasteiger partial charge in [0.15, 0.2) is 0 Å². The Hall–Kier alpha value is -3.38. The third kappa shape index (κ3) is 3.00. The lowest BCUT2D eigenvalue weighted by Gasteiger charge is -2.26. The predicted octanol–water partition coefficient (Wildman–Crippen LogP) is 5.60. The van der Waals surface area contributed by atoms with E-state index in [2.05, 4.69) is 26.1 Å². The molecule has 0 aliphatic carbocycles. The van der Waals surface area contributed by atoms with Crippen LogP contribution in [0.15, 0.2) is 83.3 Å². The molecule has 0 unspecified atom stereocenters. The second kappa shape index (κ2) is 7.46. The molecule has 148 valence electrons. The Kier molecular flexibility index (Phi) is 4.64. The van der Waals surface area contributed by atoms with Gasteiger partial charge in [-0.2, -0.15) is 5.10 Å². The van der Waals surface area contributed by atoms with Crippen LogP contribution in [0.5, 0.6) is 5.75 Å². The summed E-state index contributed by atoms with van der Waals surface area (Å²) in [4.78, 5) is 15.3. The number of nitrogens with one attached hydrogen (secondary N) is 1. The molecule has 2 heterocycles. The van der Waals surface area contributed by atoms with E-state index in [-0.39, 0.29) is 11.9 Å². The van der Waals surface area contributed by atoms with Crippen molar-refractivity contribution in [2.45, 2.75) is 6.04 Å². The number of amides is 1. The van der Waals surface area contributed by atoms with Gasteiger partial charge in [-0.05, 0) is 54.1 Å². The summed E-state index contributed by atoms with van der Waals surface area (Å²) in [6.07, 6.45) is 0. The molecular formula is C24H18BrN3O2. The Labute approximate surface area is 182 Å². The first kappa shape index (κ1) is 18.6. The number of rotatable bonds is 4. The fourth-order valence-corrected chi connectivity index (χ4v) is 4.20. The number of methoxy groups -OCH3 is 1. The summed E-state index contributed by atoms with van der Waals surface area (Å²) in [7, 11) is 1.64. The zero-order valence-corrected chi connectivity index (χ0v) is 17.8. The van der Waals surface area contributed by atoms with Crippen molar-refractivity contribution in [2.24, 2.45) is 0 Å². The SMILES string of the molecule is COc1ccc(-c2n[nH]c3c2[C@@H](c2ccccc2)N(c2ccc(Br)cc2)C3=O)cc1. The fraction of sp³-hybridized carbons (Fsp3) is 0.0833. The van der Waals surface area contributed by atoms with Crippen molar-refractivity contribution in [1.29, 1.82) is 0 Å². The first-order valence-electron chi connectivity index (χ1n) is 9.54. The highest BCUT2D eigenvalue weighted by molar-refractivity contribution is 9.10. The van der Waals surface area contributed by atoms with Crippen molar-refractivity contribution in [3.05, 3.63) is 100 Å².